The zero-order valence-corrected chi connectivity index (χ0v) is 18.7. The Hall–Kier alpha value is -2.03. The first-order valence-electron chi connectivity index (χ1n) is 10.3. The Labute approximate surface area is 179 Å². The van der Waals surface area contributed by atoms with Gasteiger partial charge in [0.2, 0.25) is 5.92 Å². The van der Waals surface area contributed by atoms with E-state index in [-0.39, 0.29) is 17.9 Å². The number of carbonyl (C=O) groups excluding carboxylic acids is 1. The molecule has 0 bridgehead atoms. The van der Waals surface area contributed by atoms with Crippen LogP contribution in [-0.4, -0.2) is 58.7 Å². The van der Waals surface area contributed by atoms with Gasteiger partial charge in [-0.3, -0.25) is 0 Å². The predicted molar refractivity (Wildman–Crippen MR) is 113 cm³/mol. The van der Waals surface area contributed by atoms with Crippen LogP contribution in [0.4, 0.5) is 19.4 Å². The molecule has 1 unspecified atom stereocenters. The van der Waals surface area contributed by atoms with Crippen LogP contribution in [0.25, 0.3) is 10.2 Å². The molecule has 1 atom stereocenters. The molecule has 9 heteroatoms. The highest BCUT2D eigenvalue weighted by Crippen LogP contribution is 2.43. The number of hydrogen-bond acceptors (Lipinski definition) is 6. The number of aromatic nitrogens is 2. The highest BCUT2D eigenvalue weighted by Gasteiger charge is 2.46. The minimum absolute atomic E-state index is 0.0173. The summed E-state index contributed by atoms with van der Waals surface area (Å²) in [5, 5.41) is 0.834. The molecule has 1 amide bonds. The minimum Gasteiger partial charge on any atom is -0.444 e. The van der Waals surface area contributed by atoms with Gasteiger partial charge in [-0.25, -0.2) is 23.5 Å². The van der Waals surface area contributed by atoms with Gasteiger partial charge in [-0.15, -0.1) is 11.3 Å². The molecule has 4 rings (SSSR count). The van der Waals surface area contributed by atoms with Gasteiger partial charge in [0, 0.05) is 42.9 Å². The van der Waals surface area contributed by atoms with Crippen LogP contribution in [0.2, 0.25) is 0 Å². The van der Waals surface area contributed by atoms with Gasteiger partial charge in [-0.2, -0.15) is 0 Å². The zero-order valence-electron chi connectivity index (χ0n) is 17.9. The summed E-state index contributed by atoms with van der Waals surface area (Å²) in [6.07, 6.45) is 2.84. The molecule has 164 valence electrons. The molecule has 2 aliphatic heterocycles. The van der Waals surface area contributed by atoms with Crippen molar-refractivity contribution in [3.05, 3.63) is 17.3 Å². The van der Waals surface area contributed by atoms with E-state index in [1.807, 2.05) is 20.8 Å². The highest BCUT2D eigenvalue weighted by atomic mass is 32.1. The number of likely N-dealkylation sites (tertiary alicyclic amines) is 1. The lowest BCUT2D eigenvalue weighted by Crippen LogP contribution is -2.37. The quantitative estimate of drug-likeness (QED) is 0.694. The van der Waals surface area contributed by atoms with Gasteiger partial charge in [0.15, 0.2) is 0 Å². The molecular formula is C21H28F2N4O2S. The molecule has 0 aliphatic carbocycles. The molecule has 2 saturated heterocycles. The monoisotopic (exact) mass is 438 g/mol. The van der Waals surface area contributed by atoms with Crippen molar-refractivity contribution in [2.75, 3.05) is 31.1 Å². The second kappa shape index (κ2) is 7.28. The average Bonchev–Trinajstić information content (AvgIpc) is 3.30. The summed E-state index contributed by atoms with van der Waals surface area (Å²) in [6.45, 7) is 9.52. The first-order chi connectivity index (χ1) is 13.9. The Balaban J connectivity index is 1.50. The Morgan fingerprint density at radius 2 is 1.93 bits per heavy atom. The van der Waals surface area contributed by atoms with Crippen molar-refractivity contribution in [2.24, 2.45) is 5.41 Å². The zero-order chi connectivity index (χ0) is 21.7. The van der Waals surface area contributed by atoms with Gasteiger partial charge in [-0.1, -0.05) is 0 Å². The number of ether oxygens (including phenoxy) is 1. The van der Waals surface area contributed by atoms with Crippen LogP contribution in [0, 0.1) is 5.41 Å². The number of thiophene rings is 1. The number of nitrogens with zero attached hydrogens (tertiary/aromatic N) is 4. The molecule has 30 heavy (non-hydrogen) atoms. The van der Waals surface area contributed by atoms with Crippen LogP contribution < -0.4 is 4.90 Å². The standard InChI is InChI=1S/C21H28F2N4O2S/c1-19(2,3)29-18(28)27-8-6-21(12-27)5-7-26(11-21)16-15-9-14(10-20(4,22)23)30-17(15)25-13-24-16/h9,13H,5-8,10-12H2,1-4H3. The normalized spacial score (nSPS) is 22.5. The summed E-state index contributed by atoms with van der Waals surface area (Å²) in [5.41, 5.74) is -0.490. The van der Waals surface area contributed by atoms with E-state index in [9.17, 15) is 13.6 Å². The van der Waals surface area contributed by atoms with Crippen LogP contribution >= 0.6 is 11.3 Å². The summed E-state index contributed by atoms with van der Waals surface area (Å²) in [5.74, 6) is -1.95. The fraction of sp³-hybridized carbons (Fsp3) is 0.667. The van der Waals surface area contributed by atoms with E-state index in [1.165, 1.54) is 17.7 Å². The third-order valence-corrected chi connectivity index (χ3v) is 6.71. The number of hydrogen-bond donors (Lipinski definition) is 0. The largest absolute Gasteiger partial charge is 0.444 e. The number of carbonyl (C=O) groups is 1. The van der Waals surface area contributed by atoms with Crippen LogP contribution in [0.15, 0.2) is 12.4 Å². The van der Waals surface area contributed by atoms with E-state index in [0.29, 0.717) is 18.0 Å². The third kappa shape index (κ3) is 4.50. The highest BCUT2D eigenvalue weighted by molar-refractivity contribution is 7.18. The first-order valence-corrected chi connectivity index (χ1v) is 11.1. The lowest BCUT2D eigenvalue weighted by Gasteiger charge is -2.27. The van der Waals surface area contributed by atoms with E-state index in [0.717, 1.165) is 48.9 Å². The van der Waals surface area contributed by atoms with E-state index in [4.69, 9.17) is 4.74 Å². The molecule has 6 nitrogen and oxygen atoms in total. The van der Waals surface area contributed by atoms with Crippen molar-refractivity contribution >= 4 is 33.5 Å². The van der Waals surface area contributed by atoms with Gasteiger partial charge in [0.25, 0.3) is 0 Å². The minimum atomic E-state index is -2.75. The fourth-order valence-corrected chi connectivity index (χ4v) is 5.52. The number of anilines is 1. The van der Waals surface area contributed by atoms with Gasteiger partial charge in [0.1, 0.15) is 22.6 Å². The van der Waals surface area contributed by atoms with Gasteiger partial charge in [-0.05, 0) is 46.6 Å². The summed E-state index contributed by atoms with van der Waals surface area (Å²) < 4.78 is 32.5. The molecule has 0 aromatic carbocycles. The molecule has 2 aliphatic rings. The Morgan fingerprint density at radius 1 is 1.20 bits per heavy atom. The summed E-state index contributed by atoms with van der Waals surface area (Å²) >= 11 is 1.30. The molecule has 1 spiro atoms. The number of rotatable bonds is 3. The molecule has 2 aromatic rings. The molecule has 2 fully saturated rings. The summed E-state index contributed by atoms with van der Waals surface area (Å²) in [4.78, 5) is 26.6. The molecule has 4 heterocycles. The Bertz CT molecular complexity index is 953. The van der Waals surface area contributed by atoms with Crippen LogP contribution in [0.5, 0.6) is 0 Å². The Kier molecular flexibility index (Phi) is 5.15. The molecule has 0 saturated carbocycles. The van der Waals surface area contributed by atoms with Crippen molar-refractivity contribution in [1.29, 1.82) is 0 Å². The maximum atomic E-state index is 13.5. The van der Waals surface area contributed by atoms with Gasteiger partial charge in [0.05, 0.1) is 5.39 Å². The second-order valence-electron chi connectivity index (χ2n) is 9.70. The summed E-state index contributed by atoms with van der Waals surface area (Å²) in [7, 11) is 0. The van der Waals surface area contributed by atoms with Crippen LogP contribution in [-0.2, 0) is 11.2 Å². The van der Waals surface area contributed by atoms with Crippen molar-refractivity contribution in [3.8, 4) is 0 Å². The fourth-order valence-electron chi connectivity index (χ4n) is 4.40. The van der Waals surface area contributed by atoms with Crippen molar-refractivity contribution in [3.63, 3.8) is 0 Å². The number of amides is 1. The van der Waals surface area contributed by atoms with Gasteiger partial charge < -0.3 is 14.5 Å². The third-order valence-electron chi connectivity index (χ3n) is 5.67. The molecule has 2 aromatic heterocycles. The average molecular weight is 439 g/mol. The number of halogens is 2. The van der Waals surface area contributed by atoms with E-state index >= 15 is 0 Å². The Morgan fingerprint density at radius 3 is 2.63 bits per heavy atom. The van der Waals surface area contributed by atoms with Crippen LogP contribution in [0.3, 0.4) is 0 Å². The summed E-state index contributed by atoms with van der Waals surface area (Å²) in [6, 6.07) is 1.80. The SMILES string of the molecule is CC(F)(F)Cc1cc2c(N3CCC4(CCN(C(=O)OC(C)(C)C)C4)C3)ncnc2s1. The smallest absolute Gasteiger partial charge is 0.410 e. The first kappa shape index (κ1) is 21.2. The van der Waals surface area contributed by atoms with E-state index < -0.39 is 11.5 Å². The maximum Gasteiger partial charge on any atom is 0.410 e. The van der Waals surface area contributed by atoms with Crippen molar-refractivity contribution < 1.29 is 18.3 Å². The van der Waals surface area contributed by atoms with E-state index in [1.54, 1.807) is 11.0 Å². The second-order valence-corrected chi connectivity index (χ2v) is 10.8. The molecule has 0 N–H and O–H groups in total. The predicted octanol–water partition coefficient (Wildman–Crippen LogP) is 4.73. The number of alkyl halides is 2. The van der Waals surface area contributed by atoms with Crippen LogP contribution in [0.1, 0.15) is 45.4 Å². The molecule has 0 radical (unpaired) electrons. The van der Waals surface area contributed by atoms with Gasteiger partial charge >= 0.3 is 6.09 Å². The van der Waals surface area contributed by atoms with Crippen molar-refractivity contribution in [1.82, 2.24) is 14.9 Å². The lowest BCUT2D eigenvalue weighted by molar-refractivity contribution is 0.0233. The lowest BCUT2D eigenvalue weighted by atomic mass is 9.86. The number of fused-ring (bicyclic) bond motifs is 1. The van der Waals surface area contributed by atoms with E-state index in [2.05, 4.69) is 14.9 Å². The maximum absolute atomic E-state index is 13.5. The topological polar surface area (TPSA) is 58.6 Å². The van der Waals surface area contributed by atoms with Crippen molar-refractivity contribution in [2.45, 2.75) is 58.5 Å². The molecular weight excluding hydrogens is 410 g/mol.